The molecule has 0 aromatic rings. The number of aliphatic hydroxyl groups excluding tert-OH is 1. The molecule has 1 saturated heterocycles. The second-order valence-electron chi connectivity index (χ2n) is 7.19. The van der Waals surface area contributed by atoms with Crippen LogP contribution in [-0.2, 0) is 14.6 Å². The van der Waals surface area contributed by atoms with Crippen LogP contribution < -0.4 is 0 Å². The summed E-state index contributed by atoms with van der Waals surface area (Å²) in [7, 11) is 0. The predicted molar refractivity (Wildman–Crippen MR) is 95.9 cm³/mol. The Morgan fingerprint density at radius 3 is 2.76 bits per heavy atom. The molecule has 5 nitrogen and oxygen atoms in total. The van der Waals surface area contributed by atoms with Gasteiger partial charge in [-0.1, -0.05) is 50.5 Å². The van der Waals surface area contributed by atoms with Crippen molar-refractivity contribution in [1.82, 2.24) is 0 Å². The number of unbranched alkanes of at least 4 members (excludes halogenated alkanes) is 3. The molecule has 2 aliphatic rings. The predicted octanol–water partition coefficient (Wildman–Crippen LogP) is 4.02. The Hall–Kier alpha value is -1.17. The number of aliphatic hydroxyl groups is 1. The Bertz CT molecular complexity index is 459. The minimum absolute atomic E-state index is 0.0921. The summed E-state index contributed by atoms with van der Waals surface area (Å²) in [5.74, 6) is -0.0912. The molecule has 0 amide bonds. The van der Waals surface area contributed by atoms with Crippen molar-refractivity contribution in [3.63, 3.8) is 0 Å². The molecule has 0 spiro atoms. The van der Waals surface area contributed by atoms with Gasteiger partial charge in [0.05, 0.1) is 12.2 Å². The van der Waals surface area contributed by atoms with E-state index in [9.17, 15) is 9.90 Å². The van der Waals surface area contributed by atoms with E-state index in [1.54, 1.807) is 0 Å². The SMILES string of the molecule is CCCCC[C@H](O)/C=C/C1[C@@H](C/C=C\CCCC(=O)O)[C@@H]2C[C@H]1OO2. The molecular formula is C20H32O5. The monoisotopic (exact) mass is 352 g/mol. The highest BCUT2D eigenvalue weighted by atomic mass is 17.2. The molecule has 2 bridgehead atoms. The van der Waals surface area contributed by atoms with E-state index in [1.807, 2.05) is 6.08 Å². The molecule has 2 N–H and O–H groups in total. The lowest BCUT2D eigenvalue weighted by Gasteiger charge is -2.27. The molecule has 0 aromatic carbocycles. The number of carboxylic acid groups (broad SMARTS) is 1. The summed E-state index contributed by atoms with van der Waals surface area (Å²) in [6.45, 7) is 2.16. The highest BCUT2D eigenvalue weighted by Crippen LogP contribution is 2.44. The molecule has 0 radical (unpaired) electrons. The minimum Gasteiger partial charge on any atom is -0.481 e. The Morgan fingerprint density at radius 1 is 1.20 bits per heavy atom. The van der Waals surface area contributed by atoms with Crippen LogP contribution in [0, 0.1) is 11.8 Å². The lowest BCUT2D eigenvalue weighted by atomic mass is 9.89. The van der Waals surface area contributed by atoms with Crippen LogP contribution in [0.3, 0.4) is 0 Å². The van der Waals surface area contributed by atoms with E-state index >= 15 is 0 Å². The second kappa shape index (κ2) is 10.7. The lowest BCUT2D eigenvalue weighted by molar-refractivity contribution is -0.336. The van der Waals surface area contributed by atoms with E-state index in [4.69, 9.17) is 14.9 Å². The maximum Gasteiger partial charge on any atom is 0.303 e. The third-order valence-corrected chi connectivity index (χ3v) is 5.16. The van der Waals surface area contributed by atoms with E-state index in [0.717, 1.165) is 44.9 Å². The summed E-state index contributed by atoms with van der Waals surface area (Å²) in [6, 6.07) is 0. The fourth-order valence-corrected chi connectivity index (χ4v) is 3.72. The van der Waals surface area contributed by atoms with E-state index in [2.05, 4.69) is 25.2 Å². The first kappa shape index (κ1) is 20.1. The van der Waals surface area contributed by atoms with Gasteiger partial charge in [-0.05, 0) is 25.7 Å². The Balaban J connectivity index is 1.78. The molecule has 1 heterocycles. The van der Waals surface area contributed by atoms with Gasteiger partial charge in [-0.2, -0.15) is 0 Å². The van der Waals surface area contributed by atoms with Crippen LogP contribution in [0.5, 0.6) is 0 Å². The standard InChI is InChI=1S/C20H32O5/c1-2-3-6-9-15(21)12-13-17-16(18-14-19(17)25-24-18)10-7-4-5-8-11-20(22)23/h4,7,12-13,15-19,21H,2-3,5-6,8-11,14H2,1H3,(H,22,23)/b7-4-,13-12+/t15-,16+,17?,18-,19+/m0/s1. The Labute approximate surface area is 150 Å². The summed E-state index contributed by atoms with van der Waals surface area (Å²) >= 11 is 0. The molecule has 1 unspecified atom stereocenters. The van der Waals surface area contributed by atoms with Crippen LogP contribution >= 0.6 is 0 Å². The van der Waals surface area contributed by atoms with Crippen molar-refractivity contribution in [2.45, 2.75) is 83.0 Å². The zero-order valence-electron chi connectivity index (χ0n) is 15.2. The van der Waals surface area contributed by atoms with Crippen molar-refractivity contribution >= 4 is 5.97 Å². The lowest BCUT2D eigenvalue weighted by Crippen LogP contribution is -2.28. The van der Waals surface area contributed by atoms with Gasteiger partial charge >= 0.3 is 5.97 Å². The summed E-state index contributed by atoms with van der Waals surface area (Å²) in [5.41, 5.74) is 0. The number of allylic oxidation sites excluding steroid dienone is 2. The quantitative estimate of drug-likeness (QED) is 0.315. The molecule has 1 aliphatic heterocycles. The number of rotatable bonds is 12. The van der Waals surface area contributed by atoms with Gasteiger partial charge in [-0.3, -0.25) is 4.79 Å². The van der Waals surface area contributed by atoms with Crippen LogP contribution in [0.25, 0.3) is 0 Å². The first-order valence-corrected chi connectivity index (χ1v) is 9.67. The molecular weight excluding hydrogens is 320 g/mol. The Morgan fingerprint density at radius 2 is 2.00 bits per heavy atom. The van der Waals surface area contributed by atoms with Gasteiger partial charge < -0.3 is 10.2 Å². The molecule has 0 aromatic heterocycles. The molecule has 5 heteroatoms. The maximum absolute atomic E-state index is 10.5. The second-order valence-corrected chi connectivity index (χ2v) is 7.19. The largest absolute Gasteiger partial charge is 0.481 e. The van der Waals surface area contributed by atoms with Gasteiger partial charge in [0.1, 0.15) is 6.10 Å². The first-order chi connectivity index (χ1) is 12.1. The van der Waals surface area contributed by atoms with Crippen molar-refractivity contribution in [3.8, 4) is 0 Å². The smallest absolute Gasteiger partial charge is 0.303 e. The third-order valence-electron chi connectivity index (χ3n) is 5.16. The van der Waals surface area contributed by atoms with Gasteiger partial charge in [-0.15, -0.1) is 0 Å². The van der Waals surface area contributed by atoms with Crippen LogP contribution in [-0.4, -0.2) is 34.5 Å². The average Bonchev–Trinajstić information content (AvgIpc) is 3.17. The van der Waals surface area contributed by atoms with E-state index in [0.29, 0.717) is 12.3 Å². The fraction of sp³-hybridized carbons (Fsp3) is 0.750. The topological polar surface area (TPSA) is 76.0 Å². The zero-order valence-corrected chi connectivity index (χ0v) is 15.2. The highest BCUT2D eigenvalue weighted by molar-refractivity contribution is 5.66. The molecule has 2 rings (SSSR count). The van der Waals surface area contributed by atoms with Gasteiger partial charge in [0.2, 0.25) is 0 Å². The van der Waals surface area contributed by atoms with Gasteiger partial charge in [0.25, 0.3) is 0 Å². The van der Waals surface area contributed by atoms with Gasteiger partial charge in [-0.25, -0.2) is 9.78 Å². The van der Waals surface area contributed by atoms with Crippen LogP contribution in [0.4, 0.5) is 0 Å². The summed E-state index contributed by atoms with van der Waals surface area (Å²) in [4.78, 5) is 21.3. The highest BCUT2D eigenvalue weighted by Gasteiger charge is 2.49. The van der Waals surface area contributed by atoms with Crippen LogP contribution in [0.15, 0.2) is 24.3 Å². The number of aliphatic carboxylic acids is 1. The molecule has 1 saturated carbocycles. The van der Waals surface area contributed by atoms with Gasteiger partial charge in [0.15, 0.2) is 0 Å². The number of hydrogen-bond donors (Lipinski definition) is 2. The Kier molecular flexibility index (Phi) is 8.65. The number of carboxylic acids is 1. The van der Waals surface area contributed by atoms with Crippen molar-refractivity contribution in [2.75, 3.05) is 0 Å². The third kappa shape index (κ3) is 6.57. The van der Waals surface area contributed by atoms with Crippen molar-refractivity contribution in [2.24, 2.45) is 11.8 Å². The fourth-order valence-electron chi connectivity index (χ4n) is 3.72. The summed E-state index contributed by atoms with van der Waals surface area (Å²) in [5, 5.41) is 18.7. The van der Waals surface area contributed by atoms with Crippen molar-refractivity contribution in [1.29, 1.82) is 0 Å². The minimum atomic E-state index is -0.741. The molecule has 1 aliphatic carbocycles. The molecule has 25 heavy (non-hydrogen) atoms. The molecule has 5 atom stereocenters. The van der Waals surface area contributed by atoms with E-state index < -0.39 is 5.97 Å². The first-order valence-electron chi connectivity index (χ1n) is 9.67. The summed E-state index contributed by atoms with van der Waals surface area (Å²) < 4.78 is 0. The number of carbonyl (C=O) groups is 1. The average molecular weight is 352 g/mol. The molecule has 2 fully saturated rings. The van der Waals surface area contributed by atoms with Crippen molar-refractivity contribution in [3.05, 3.63) is 24.3 Å². The van der Waals surface area contributed by atoms with Crippen LogP contribution in [0.1, 0.15) is 64.7 Å². The van der Waals surface area contributed by atoms with Crippen molar-refractivity contribution < 1.29 is 24.8 Å². The zero-order chi connectivity index (χ0) is 18.1. The molecule has 142 valence electrons. The summed E-state index contributed by atoms with van der Waals surface area (Å²) in [6.07, 6.45) is 15.8. The number of fused-ring (bicyclic) bond motifs is 2. The number of hydrogen-bond acceptors (Lipinski definition) is 4. The van der Waals surface area contributed by atoms with E-state index in [-0.39, 0.29) is 30.7 Å². The normalized spacial score (nSPS) is 29.8. The van der Waals surface area contributed by atoms with Crippen LogP contribution in [0.2, 0.25) is 0 Å². The maximum atomic E-state index is 10.5. The van der Waals surface area contributed by atoms with Gasteiger partial charge in [0, 0.05) is 24.7 Å². The van der Waals surface area contributed by atoms with E-state index in [1.165, 1.54) is 0 Å².